The van der Waals surface area contributed by atoms with Crippen molar-refractivity contribution in [2.45, 2.75) is 13.5 Å². The third kappa shape index (κ3) is 2.94. The van der Waals surface area contributed by atoms with Gasteiger partial charge in [0.2, 0.25) is 0 Å². The molecule has 0 saturated heterocycles. The Morgan fingerprint density at radius 2 is 2.18 bits per heavy atom. The number of nitrogens with zero attached hydrogens (tertiary/aromatic N) is 5. The Morgan fingerprint density at radius 1 is 1.41 bits per heavy atom. The van der Waals surface area contributed by atoms with E-state index in [0.29, 0.717) is 11.0 Å². The van der Waals surface area contributed by atoms with Gasteiger partial charge < -0.3 is 4.90 Å². The van der Waals surface area contributed by atoms with E-state index in [1.165, 1.54) is 0 Å². The van der Waals surface area contributed by atoms with Crippen LogP contribution in [-0.4, -0.2) is 26.8 Å². The van der Waals surface area contributed by atoms with Gasteiger partial charge >= 0.3 is 0 Å². The summed E-state index contributed by atoms with van der Waals surface area (Å²) in [6, 6.07) is 1.75. The van der Waals surface area contributed by atoms with Crippen LogP contribution >= 0.6 is 11.6 Å². The fourth-order valence-electron chi connectivity index (χ4n) is 1.62. The second-order valence-corrected chi connectivity index (χ2v) is 4.36. The van der Waals surface area contributed by atoms with E-state index in [2.05, 4.69) is 15.1 Å². The van der Waals surface area contributed by atoms with Crippen molar-refractivity contribution in [3.63, 3.8) is 0 Å². The average Bonchev–Trinajstić information content (AvgIpc) is 2.62. The molecule has 90 valence electrons. The zero-order valence-corrected chi connectivity index (χ0v) is 10.8. The first kappa shape index (κ1) is 11.9. The average molecular weight is 252 g/mol. The van der Waals surface area contributed by atoms with Gasteiger partial charge in [-0.15, -0.1) is 0 Å². The van der Waals surface area contributed by atoms with Crippen LogP contribution < -0.4 is 4.90 Å². The lowest BCUT2D eigenvalue weighted by molar-refractivity contribution is 0.766. The molecule has 0 bridgehead atoms. The van der Waals surface area contributed by atoms with Crippen molar-refractivity contribution in [1.82, 2.24) is 19.7 Å². The van der Waals surface area contributed by atoms with Gasteiger partial charge in [-0.25, -0.2) is 9.97 Å². The Kier molecular flexibility index (Phi) is 3.28. The summed E-state index contributed by atoms with van der Waals surface area (Å²) in [4.78, 5) is 10.4. The molecule has 0 radical (unpaired) electrons. The SMILES string of the molecule is Cc1nc(Cl)cc(N(C)Cc2cnn(C)c2)n1. The predicted molar refractivity (Wildman–Crippen MR) is 67.1 cm³/mol. The largest absolute Gasteiger partial charge is 0.355 e. The Labute approximate surface area is 105 Å². The number of halogens is 1. The lowest BCUT2D eigenvalue weighted by Crippen LogP contribution is -2.18. The third-order valence-electron chi connectivity index (χ3n) is 2.36. The van der Waals surface area contributed by atoms with Gasteiger partial charge in [0.1, 0.15) is 16.8 Å². The minimum atomic E-state index is 0.463. The van der Waals surface area contributed by atoms with Gasteiger partial charge in [0.15, 0.2) is 0 Å². The summed E-state index contributed by atoms with van der Waals surface area (Å²) in [5, 5.41) is 4.59. The van der Waals surface area contributed by atoms with E-state index >= 15 is 0 Å². The summed E-state index contributed by atoms with van der Waals surface area (Å²) >= 11 is 5.91. The van der Waals surface area contributed by atoms with Crippen molar-refractivity contribution >= 4 is 17.4 Å². The monoisotopic (exact) mass is 251 g/mol. The molecule has 0 amide bonds. The Balaban J connectivity index is 2.16. The molecule has 2 heterocycles. The summed E-state index contributed by atoms with van der Waals surface area (Å²) in [5.41, 5.74) is 1.13. The van der Waals surface area contributed by atoms with Crippen LogP contribution in [-0.2, 0) is 13.6 Å². The van der Waals surface area contributed by atoms with Gasteiger partial charge in [0.05, 0.1) is 6.20 Å². The number of aryl methyl sites for hydroxylation is 2. The van der Waals surface area contributed by atoms with E-state index in [9.17, 15) is 0 Å². The number of anilines is 1. The quantitative estimate of drug-likeness (QED) is 0.781. The van der Waals surface area contributed by atoms with Gasteiger partial charge in [-0.1, -0.05) is 11.6 Å². The molecule has 2 aromatic heterocycles. The lowest BCUT2D eigenvalue weighted by Gasteiger charge is -2.17. The zero-order valence-electron chi connectivity index (χ0n) is 10.1. The summed E-state index contributed by atoms with van der Waals surface area (Å²) in [6.45, 7) is 2.56. The van der Waals surface area contributed by atoms with Crippen molar-refractivity contribution in [3.05, 3.63) is 35.0 Å². The first-order valence-electron chi connectivity index (χ1n) is 5.24. The molecule has 0 fully saturated rings. The maximum absolute atomic E-state index is 5.91. The van der Waals surface area contributed by atoms with E-state index in [0.717, 1.165) is 17.9 Å². The van der Waals surface area contributed by atoms with Gasteiger partial charge in [-0.2, -0.15) is 5.10 Å². The summed E-state index contributed by atoms with van der Waals surface area (Å²) in [6.07, 6.45) is 3.82. The highest BCUT2D eigenvalue weighted by molar-refractivity contribution is 6.29. The van der Waals surface area contributed by atoms with E-state index in [-0.39, 0.29) is 0 Å². The molecule has 2 aromatic rings. The standard InChI is InChI=1S/C11H14ClN5/c1-8-14-10(12)4-11(15-8)16(2)6-9-5-13-17(3)7-9/h4-5,7H,6H2,1-3H3. The van der Waals surface area contributed by atoms with Gasteiger partial charge in [0.25, 0.3) is 0 Å². The van der Waals surface area contributed by atoms with Crippen molar-refractivity contribution in [2.24, 2.45) is 7.05 Å². The van der Waals surface area contributed by atoms with Gasteiger partial charge in [-0.05, 0) is 6.92 Å². The number of hydrogen-bond acceptors (Lipinski definition) is 4. The van der Waals surface area contributed by atoms with Gasteiger partial charge in [0, 0.05) is 38.5 Å². The van der Waals surface area contributed by atoms with Gasteiger partial charge in [-0.3, -0.25) is 4.68 Å². The molecule has 6 heteroatoms. The van der Waals surface area contributed by atoms with Crippen LogP contribution in [0.2, 0.25) is 5.15 Å². The molecule has 0 aliphatic carbocycles. The minimum Gasteiger partial charge on any atom is -0.355 e. The van der Waals surface area contributed by atoms with Crippen LogP contribution in [0.4, 0.5) is 5.82 Å². The maximum atomic E-state index is 5.91. The van der Waals surface area contributed by atoms with Crippen molar-refractivity contribution in [3.8, 4) is 0 Å². The summed E-state index contributed by atoms with van der Waals surface area (Å²) in [7, 11) is 3.86. The van der Waals surface area contributed by atoms with E-state index < -0.39 is 0 Å². The minimum absolute atomic E-state index is 0.463. The molecule has 0 saturated carbocycles. The molecule has 2 rings (SSSR count). The number of aromatic nitrogens is 4. The molecular weight excluding hydrogens is 238 g/mol. The molecular formula is C11H14ClN5. The molecule has 0 aliphatic heterocycles. The van der Waals surface area contributed by atoms with Crippen molar-refractivity contribution in [1.29, 1.82) is 0 Å². The second-order valence-electron chi connectivity index (χ2n) is 3.97. The first-order valence-corrected chi connectivity index (χ1v) is 5.62. The Bertz CT molecular complexity index is 502. The molecule has 0 atom stereocenters. The number of rotatable bonds is 3. The fraction of sp³-hybridized carbons (Fsp3) is 0.364. The van der Waals surface area contributed by atoms with Crippen LogP contribution in [0.15, 0.2) is 18.5 Å². The molecule has 0 aliphatic rings. The van der Waals surface area contributed by atoms with Crippen molar-refractivity contribution in [2.75, 3.05) is 11.9 Å². The highest BCUT2D eigenvalue weighted by atomic mass is 35.5. The van der Waals surface area contributed by atoms with Crippen LogP contribution in [0.5, 0.6) is 0 Å². The van der Waals surface area contributed by atoms with E-state index in [4.69, 9.17) is 11.6 Å². The number of hydrogen-bond donors (Lipinski definition) is 0. The summed E-state index contributed by atoms with van der Waals surface area (Å²) in [5.74, 6) is 1.48. The third-order valence-corrected chi connectivity index (χ3v) is 2.56. The Morgan fingerprint density at radius 3 is 2.76 bits per heavy atom. The topological polar surface area (TPSA) is 46.8 Å². The van der Waals surface area contributed by atoms with E-state index in [1.807, 2.05) is 38.3 Å². The molecule has 5 nitrogen and oxygen atoms in total. The van der Waals surface area contributed by atoms with E-state index in [1.54, 1.807) is 10.7 Å². The summed E-state index contributed by atoms with van der Waals surface area (Å²) < 4.78 is 1.78. The smallest absolute Gasteiger partial charge is 0.134 e. The molecule has 0 unspecified atom stereocenters. The molecule has 0 aromatic carbocycles. The first-order chi connectivity index (χ1) is 8.04. The Hall–Kier alpha value is -1.62. The van der Waals surface area contributed by atoms with Crippen LogP contribution in [0, 0.1) is 6.92 Å². The molecule has 0 spiro atoms. The zero-order chi connectivity index (χ0) is 12.4. The maximum Gasteiger partial charge on any atom is 0.134 e. The normalized spacial score (nSPS) is 10.6. The van der Waals surface area contributed by atoms with Crippen LogP contribution in [0.1, 0.15) is 11.4 Å². The predicted octanol–water partition coefficient (Wildman–Crippen LogP) is 1.81. The second kappa shape index (κ2) is 4.71. The highest BCUT2D eigenvalue weighted by Gasteiger charge is 2.07. The van der Waals surface area contributed by atoms with Crippen LogP contribution in [0.3, 0.4) is 0 Å². The molecule has 0 N–H and O–H groups in total. The van der Waals surface area contributed by atoms with Crippen molar-refractivity contribution < 1.29 is 0 Å². The lowest BCUT2D eigenvalue weighted by atomic mass is 10.3. The molecule has 17 heavy (non-hydrogen) atoms. The fourth-order valence-corrected chi connectivity index (χ4v) is 1.84. The van der Waals surface area contributed by atoms with Crippen LogP contribution in [0.25, 0.3) is 0 Å². The highest BCUT2D eigenvalue weighted by Crippen LogP contribution is 2.16.